The van der Waals surface area contributed by atoms with Crippen LogP contribution in [0, 0.1) is 0 Å². The molecule has 2 N–H and O–H groups in total. The molecule has 1 aliphatic carbocycles. The van der Waals surface area contributed by atoms with E-state index in [0.717, 1.165) is 19.7 Å². The summed E-state index contributed by atoms with van der Waals surface area (Å²) in [7, 11) is 1.77. The predicted octanol–water partition coefficient (Wildman–Crippen LogP) is 2.00. The highest BCUT2D eigenvalue weighted by atomic mass is 16.5. The number of nitrogens with two attached hydrogens (primary N) is 1. The molecule has 0 aromatic rings. The summed E-state index contributed by atoms with van der Waals surface area (Å²) < 4.78 is 5.18. The number of hydrogen-bond donors (Lipinski definition) is 1. The van der Waals surface area contributed by atoms with Crippen LogP contribution in [-0.2, 0) is 4.74 Å². The van der Waals surface area contributed by atoms with E-state index < -0.39 is 0 Å². The van der Waals surface area contributed by atoms with E-state index in [1.807, 2.05) is 0 Å². The molecular formula is C13H28N2O. The minimum Gasteiger partial charge on any atom is -0.383 e. The van der Waals surface area contributed by atoms with Crippen LogP contribution in [0.2, 0.25) is 0 Å². The van der Waals surface area contributed by atoms with E-state index in [0.29, 0.717) is 6.04 Å². The smallest absolute Gasteiger partial charge is 0.0589 e. The zero-order valence-corrected chi connectivity index (χ0v) is 11.2. The van der Waals surface area contributed by atoms with E-state index in [1.54, 1.807) is 7.11 Å². The van der Waals surface area contributed by atoms with E-state index in [2.05, 4.69) is 18.7 Å². The normalized spacial score (nSPS) is 21.6. The fourth-order valence-electron chi connectivity index (χ4n) is 2.56. The average Bonchev–Trinajstić information content (AvgIpc) is 2.70. The molecule has 96 valence electrons. The minimum absolute atomic E-state index is 0.0666. The molecule has 0 saturated heterocycles. The maximum absolute atomic E-state index is 6.44. The Morgan fingerprint density at radius 3 is 2.50 bits per heavy atom. The Morgan fingerprint density at radius 1 is 1.38 bits per heavy atom. The molecule has 0 heterocycles. The highest BCUT2D eigenvalue weighted by molar-refractivity contribution is 4.92. The summed E-state index contributed by atoms with van der Waals surface area (Å²) in [6.07, 6.45) is 6.16. The highest BCUT2D eigenvalue weighted by Crippen LogP contribution is 2.28. The molecule has 16 heavy (non-hydrogen) atoms. The molecule has 0 spiro atoms. The van der Waals surface area contributed by atoms with Gasteiger partial charge in [-0.1, -0.05) is 19.8 Å². The molecule has 1 fully saturated rings. The van der Waals surface area contributed by atoms with Crippen LogP contribution in [0.5, 0.6) is 0 Å². The lowest BCUT2D eigenvalue weighted by atomic mass is 9.97. The van der Waals surface area contributed by atoms with Crippen LogP contribution in [0.3, 0.4) is 0 Å². The first-order valence-corrected chi connectivity index (χ1v) is 6.63. The van der Waals surface area contributed by atoms with Gasteiger partial charge in [0.05, 0.1) is 6.61 Å². The molecule has 3 nitrogen and oxygen atoms in total. The first kappa shape index (κ1) is 13.9. The molecule has 3 heteroatoms. The average molecular weight is 228 g/mol. The molecule has 0 radical (unpaired) electrons. The van der Waals surface area contributed by atoms with Crippen molar-refractivity contribution in [2.24, 2.45) is 5.73 Å². The largest absolute Gasteiger partial charge is 0.383 e. The van der Waals surface area contributed by atoms with Crippen LogP contribution >= 0.6 is 0 Å². The van der Waals surface area contributed by atoms with Gasteiger partial charge in [-0.15, -0.1) is 0 Å². The third-order valence-electron chi connectivity index (χ3n) is 3.91. The van der Waals surface area contributed by atoms with E-state index in [9.17, 15) is 0 Å². The van der Waals surface area contributed by atoms with E-state index in [1.165, 1.54) is 32.1 Å². The van der Waals surface area contributed by atoms with Crippen LogP contribution in [0.15, 0.2) is 0 Å². The molecule has 0 aromatic carbocycles. The molecule has 1 atom stereocenters. The van der Waals surface area contributed by atoms with Crippen LogP contribution in [-0.4, -0.2) is 43.3 Å². The van der Waals surface area contributed by atoms with Crippen molar-refractivity contribution in [1.82, 2.24) is 4.90 Å². The Kier molecular flexibility index (Phi) is 5.73. The van der Waals surface area contributed by atoms with E-state index in [-0.39, 0.29) is 5.54 Å². The third kappa shape index (κ3) is 4.04. The van der Waals surface area contributed by atoms with E-state index >= 15 is 0 Å². The molecule has 1 rings (SSSR count). The fourth-order valence-corrected chi connectivity index (χ4v) is 2.56. The van der Waals surface area contributed by atoms with Gasteiger partial charge in [0.1, 0.15) is 0 Å². The monoisotopic (exact) mass is 228 g/mol. The minimum atomic E-state index is 0.0666. The van der Waals surface area contributed by atoms with Crippen molar-refractivity contribution in [3.05, 3.63) is 0 Å². The molecule has 0 amide bonds. The lowest BCUT2D eigenvalue weighted by Gasteiger charge is -2.35. The van der Waals surface area contributed by atoms with Crippen molar-refractivity contribution in [1.29, 1.82) is 0 Å². The molecule has 0 aromatic heterocycles. The van der Waals surface area contributed by atoms with Gasteiger partial charge >= 0.3 is 0 Å². The molecule has 1 aliphatic rings. The summed E-state index contributed by atoms with van der Waals surface area (Å²) in [5, 5.41) is 0. The predicted molar refractivity (Wildman–Crippen MR) is 68.6 cm³/mol. The SMILES string of the molecule is CCC(C)N(CCOC)CC1(N)CCCC1. The summed E-state index contributed by atoms with van der Waals surface area (Å²) in [6, 6.07) is 0.608. The van der Waals surface area contributed by atoms with Gasteiger partial charge in [-0.05, 0) is 26.2 Å². The topological polar surface area (TPSA) is 38.5 Å². The highest BCUT2D eigenvalue weighted by Gasteiger charge is 2.32. The van der Waals surface area contributed by atoms with E-state index in [4.69, 9.17) is 10.5 Å². The number of rotatable bonds is 7. The second-order valence-corrected chi connectivity index (χ2v) is 5.29. The summed E-state index contributed by atoms with van der Waals surface area (Å²) >= 11 is 0. The Bertz CT molecular complexity index is 190. The first-order valence-electron chi connectivity index (χ1n) is 6.63. The van der Waals surface area contributed by atoms with Crippen molar-refractivity contribution in [3.8, 4) is 0 Å². The van der Waals surface area contributed by atoms with Crippen LogP contribution in [0.1, 0.15) is 46.0 Å². The van der Waals surface area contributed by atoms with Gasteiger partial charge in [-0.2, -0.15) is 0 Å². The van der Waals surface area contributed by atoms with Crippen LogP contribution in [0.25, 0.3) is 0 Å². The van der Waals surface area contributed by atoms with Crippen LogP contribution < -0.4 is 5.73 Å². The summed E-state index contributed by atoms with van der Waals surface area (Å²) in [4.78, 5) is 2.49. The quantitative estimate of drug-likeness (QED) is 0.724. The number of methoxy groups -OCH3 is 1. The van der Waals surface area contributed by atoms with Gasteiger partial charge in [0.2, 0.25) is 0 Å². The molecule has 0 aliphatic heterocycles. The van der Waals surface area contributed by atoms with Gasteiger partial charge in [0.15, 0.2) is 0 Å². The zero-order chi connectivity index (χ0) is 12.0. The van der Waals surface area contributed by atoms with Crippen molar-refractivity contribution < 1.29 is 4.74 Å². The lowest BCUT2D eigenvalue weighted by molar-refractivity contribution is 0.103. The second kappa shape index (κ2) is 6.58. The summed E-state index contributed by atoms with van der Waals surface area (Å²) in [5.41, 5.74) is 6.51. The number of ether oxygens (including phenoxy) is 1. The molecule has 1 unspecified atom stereocenters. The Morgan fingerprint density at radius 2 is 2.00 bits per heavy atom. The van der Waals surface area contributed by atoms with Gasteiger partial charge in [0, 0.05) is 31.8 Å². The van der Waals surface area contributed by atoms with Crippen molar-refractivity contribution in [3.63, 3.8) is 0 Å². The van der Waals surface area contributed by atoms with Gasteiger partial charge in [0.25, 0.3) is 0 Å². The Balaban J connectivity index is 2.47. The molecular weight excluding hydrogens is 200 g/mol. The van der Waals surface area contributed by atoms with Gasteiger partial charge in [-0.25, -0.2) is 0 Å². The third-order valence-corrected chi connectivity index (χ3v) is 3.91. The van der Waals surface area contributed by atoms with Crippen molar-refractivity contribution in [2.75, 3.05) is 26.8 Å². The summed E-state index contributed by atoms with van der Waals surface area (Å²) in [6.45, 7) is 7.37. The van der Waals surface area contributed by atoms with Gasteiger partial charge in [-0.3, -0.25) is 4.90 Å². The lowest BCUT2D eigenvalue weighted by Crippen LogP contribution is -2.51. The first-order chi connectivity index (χ1) is 7.61. The van der Waals surface area contributed by atoms with Crippen molar-refractivity contribution >= 4 is 0 Å². The maximum atomic E-state index is 6.44. The van der Waals surface area contributed by atoms with Crippen LogP contribution in [0.4, 0.5) is 0 Å². The number of nitrogens with zero attached hydrogens (tertiary/aromatic N) is 1. The van der Waals surface area contributed by atoms with Gasteiger partial charge < -0.3 is 10.5 Å². The maximum Gasteiger partial charge on any atom is 0.0589 e. The fraction of sp³-hybridized carbons (Fsp3) is 1.00. The second-order valence-electron chi connectivity index (χ2n) is 5.29. The van der Waals surface area contributed by atoms with Crippen molar-refractivity contribution in [2.45, 2.75) is 57.5 Å². The molecule has 1 saturated carbocycles. The molecule has 0 bridgehead atoms. The summed E-state index contributed by atoms with van der Waals surface area (Å²) in [5.74, 6) is 0. The standard InChI is InChI=1S/C13H28N2O/c1-4-12(2)15(9-10-16-3)11-13(14)7-5-6-8-13/h12H,4-11,14H2,1-3H3. The Labute approximate surface area is 100 Å². The number of hydrogen-bond acceptors (Lipinski definition) is 3. The zero-order valence-electron chi connectivity index (χ0n) is 11.2. The Hall–Kier alpha value is -0.120.